The maximum Gasteiger partial charge on any atom is 0.128 e. The fourth-order valence-corrected chi connectivity index (χ4v) is 3.54. The molecular formula is C15H14ClNOS. The Kier molecular flexibility index (Phi) is 3.33. The van der Waals surface area contributed by atoms with E-state index in [1.165, 1.54) is 4.90 Å². The van der Waals surface area contributed by atoms with E-state index in [4.69, 9.17) is 16.3 Å². The minimum absolute atomic E-state index is 0.364. The van der Waals surface area contributed by atoms with Crippen LogP contribution in [0.15, 0.2) is 41.3 Å². The molecule has 1 N–H and O–H groups in total. The van der Waals surface area contributed by atoms with Crippen LogP contribution in [0, 0.1) is 0 Å². The Hall–Kier alpha value is -1.32. The average molecular weight is 292 g/mol. The predicted octanol–water partition coefficient (Wildman–Crippen LogP) is 4.88. The van der Waals surface area contributed by atoms with Gasteiger partial charge in [0.1, 0.15) is 5.75 Å². The van der Waals surface area contributed by atoms with E-state index in [0.29, 0.717) is 5.37 Å². The van der Waals surface area contributed by atoms with Gasteiger partial charge >= 0.3 is 0 Å². The zero-order valence-corrected chi connectivity index (χ0v) is 12.3. The molecule has 0 spiro atoms. The van der Waals surface area contributed by atoms with Crippen LogP contribution in [0.25, 0.3) is 11.1 Å². The molecule has 2 nitrogen and oxygen atoms in total. The molecule has 2 aromatic rings. The number of benzene rings is 2. The number of nitrogens with one attached hydrogen (secondary N) is 1. The van der Waals surface area contributed by atoms with Gasteiger partial charge in [-0.15, -0.1) is 0 Å². The largest absolute Gasteiger partial charge is 0.496 e. The Morgan fingerprint density at radius 1 is 1.21 bits per heavy atom. The summed E-state index contributed by atoms with van der Waals surface area (Å²) in [5.41, 5.74) is 3.16. The first kappa shape index (κ1) is 12.7. The molecule has 0 aromatic heterocycles. The summed E-state index contributed by atoms with van der Waals surface area (Å²) in [7, 11) is 1.69. The summed E-state index contributed by atoms with van der Waals surface area (Å²) in [6.07, 6.45) is 0. The van der Waals surface area contributed by atoms with Crippen LogP contribution in [0.5, 0.6) is 5.75 Å². The van der Waals surface area contributed by atoms with Crippen molar-refractivity contribution in [2.45, 2.75) is 17.2 Å². The number of hydrogen-bond acceptors (Lipinski definition) is 3. The maximum absolute atomic E-state index is 6.34. The molecule has 0 amide bonds. The molecule has 1 aliphatic heterocycles. The number of hydrogen-bond donors (Lipinski definition) is 1. The van der Waals surface area contributed by atoms with Crippen LogP contribution < -0.4 is 10.1 Å². The molecular weight excluding hydrogens is 278 g/mol. The van der Waals surface area contributed by atoms with E-state index in [1.807, 2.05) is 42.1 Å². The maximum atomic E-state index is 6.34. The number of methoxy groups -OCH3 is 1. The van der Waals surface area contributed by atoms with Crippen molar-refractivity contribution in [1.82, 2.24) is 0 Å². The first-order valence-electron chi connectivity index (χ1n) is 6.10. The number of ether oxygens (including phenoxy) is 1. The van der Waals surface area contributed by atoms with E-state index in [1.54, 1.807) is 7.11 Å². The number of fused-ring (bicyclic) bond motifs is 1. The van der Waals surface area contributed by atoms with E-state index < -0.39 is 0 Å². The Balaban J connectivity index is 2.26. The monoisotopic (exact) mass is 291 g/mol. The summed E-state index contributed by atoms with van der Waals surface area (Å²) in [6, 6.07) is 12.0. The highest BCUT2D eigenvalue weighted by Crippen LogP contribution is 2.49. The molecule has 1 aliphatic rings. The average Bonchev–Trinajstić information content (AvgIpc) is 2.78. The topological polar surface area (TPSA) is 21.3 Å². The van der Waals surface area contributed by atoms with Crippen molar-refractivity contribution in [2.24, 2.45) is 0 Å². The highest BCUT2D eigenvalue weighted by Gasteiger charge is 2.24. The van der Waals surface area contributed by atoms with E-state index in [9.17, 15) is 0 Å². The molecule has 0 fully saturated rings. The van der Waals surface area contributed by atoms with Gasteiger partial charge in [-0.3, -0.25) is 0 Å². The Labute approximate surface area is 122 Å². The standard InChI is InChI=1S/C15H14ClNOS/c1-9-17-15-13(19-9)8-7-12(18-2)14(15)10-5-3-4-6-11(10)16/h3-9,17H,1-2H3. The van der Waals surface area contributed by atoms with Crippen molar-refractivity contribution in [2.75, 3.05) is 12.4 Å². The molecule has 0 bridgehead atoms. The van der Waals surface area contributed by atoms with Crippen LogP contribution >= 0.6 is 23.4 Å². The van der Waals surface area contributed by atoms with Crippen LogP contribution in [0.4, 0.5) is 5.69 Å². The molecule has 3 rings (SSSR count). The summed E-state index contributed by atoms with van der Waals surface area (Å²) in [6.45, 7) is 2.15. The summed E-state index contributed by atoms with van der Waals surface area (Å²) >= 11 is 8.15. The molecule has 1 unspecified atom stereocenters. The van der Waals surface area contributed by atoms with Gasteiger partial charge in [0.2, 0.25) is 0 Å². The molecule has 1 atom stereocenters. The van der Waals surface area contributed by atoms with Gasteiger partial charge in [0.25, 0.3) is 0 Å². The lowest BCUT2D eigenvalue weighted by atomic mass is 10.0. The molecule has 19 heavy (non-hydrogen) atoms. The highest BCUT2D eigenvalue weighted by atomic mass is 35.5. The molecule has 98 valence electrons. The zero-order valence-electron chi connectivity index (χ0n) is 10.7. The lowest BCUT2D eigenvalue weighted by molar-refractivity contribution is 0.416. The van der Waals surface area contributed by atoms with Crippen molar-refractivity contribution in [3.8, 4) is 16.9 Å². The van der Waals surface area contributed by atoms with Crippen LogP contribution in [-0.2, 0) is 0 Å². The van der Waals surface area contributed by atoms with Crippen molar-refractivity contribution >= 4 is 29.1 Å². The van der Waals surface area contributed by atoms with Crippen LogP contribution in [0.3, 0.4) is 0 Å². The first-order valence-corrected chi connectivity index (χ1v) is 7.35. The van der Waals surface area contributed by atoms with E-state index in [0.717, 1.165) is 27.6 Å². The van der Waals surface area contributed by atoms with Crippen LogP contribution in [-0.4, -0.2) is 12.5 Å². The smallest absolute Gasteiger partial charge is 0.128 e. The van der Waals surface area contributed by atoms with Crippen LogP contribution in [0.2, 0.25) is 5.02 Å². The number of thioether (sulfide) groups is 1. The van der Waals surface area contributed by atoms with Gasteiger partial charge in [0.15, 0.2) is 0 Å². The fourth-order valence-electron chi connectivity index (χ4n) is 2.33. The molecule has 2 aromatic carbocycles. The number of rotatable bonds is 2. The van der Waals surface area contributed by atoms with Gasteiger partial charge in [-0.1, -0.05) is 41.6 Å². The lowest BCUT2D eigenvalue weighted by Gasteiger charge is -2.15. The van der Waals surface area contributed by atoms with Crippen molar-refractivity contribution < 1.29 is 4.74 Å². The minimum Gasteiger partial charge on any atom is -0.496 e. The quantitative estimate of drug-likeness (QED) is 0.852. The van der Waals surface area contributed by atoms with Crippen molar-refractivity contribution in [3.05, 3.63) is 41.4 Å². The molecule has 0 radical (unpaired) electrons. The molecule has 4 heteroatoms. The third-order valence-corrected chi connectivity index (χ3v) is 4.54. The molecule has 0 saturated carbocycles. The highest BCUT2D eigenvalue weighted by molar-refractivity contribution is 8.00. The van der Waals surface area contributed by atoms with Gasteiger partial charge < -0.3 is 10.1 Å². The SMILES string of the molecule is COc1ccc2c(c1-c1ccccc1Cl)NC(C)S2. The zero-order chi connectivity index (χ0) is 13.4. The predicted molar refractivity (Wildman–Crippen MR) is 82.4 cm³/mol. The summed E-state index contributed by atoms with van der Waals surface area (Å²) in [5, 5.41) is 4.59. The summed E-state index contributed by atoms with van der Waals surface area (Å²) in [4.78, 5) is 1.24. The number of anilines is 1. The Morgan fingerprint density at radius 2 is 2.00 bits per heavy atom. The second-order valence-corrected chi connectivity index (χ2v) is 6.19. The Morgan fingerprint density at radius 3 is 2.74 bits per heavy atom. The van der Waals surface area contributed by atoms with Crippen molar-refractivity contribution in [3.63, 3.8) is 0 Å². The van der Waals surface area contributed by atoms with Gasteiger partial charge in [0.05, 0.1) is 18.2 Å². The third kappa shape index (κ3) is 2.17. The third-order valence-electron chi connectivity index (χ3n) is 3.14. The molecule has 0 aliphatic carbocycles. The summed E-state index contributed by atoms with van der Waals surface area (Å²) in [5.74, 6) is 0.842. The van der Waals surface area contributed by atoms with E-state index in [2.05, 4.69) is 18.3 Å². The lowest BCUT2D eigenvalue weighted by Crippen LogP contribution is -2.04. The van der Waals surface area contributed by atoms with Gasteiger partial charge in [-0.2, -0.15) is 0 Å². The van der Waals surface area contributed by atoms with E-state index in [-0.39, 0.29) is 0 Å². The van der Waals surface area contributed by atoms with Crippen molar-refractivity contribution in [1.29, 1.82) is 0 Å². The normalized spacial score (nSPS) is 16.9. The molecule has 0 saturated heterocycles. The minimum atomic E-state index is 0.364. The second-order valence-electron chi connectivity index (χ2n) is 4.40. The van der Waals surface area contributed by atoms with Gasteiger partial charge in [-0.25, -0.2) is 0 Å². The second kappa shape index (κ2) is 4.99. The van der Waals surface area contributed by atoms with Crippen LogP contribution in [0.1, 0.15) is 6.92 Å². The van der Waals surface area contributed by atoms with Gasteiger partial charge in [-0.05, 0) is 25.1 Å². The number of halogens is 1. The molecule has 1 heterocycles. The first-order chi connectivity index (χ1) is 9.20. The fraction of sp³-hybridized carbons (Fsp3) is 0.200. The Bertz CT molecular complexity index is 630. The van der Waals surface area contributed by atoms with Gasteiger partial charge in [0, 0.05) is 21.0 Å². The van der Waals surface area contributed by atoms with E-state index >= 15 is 0 Å². The summed E-state index contributed by atoms with van der Waals surface area (Å²) < 4.78 is 5.51.